The van der Waals surface area contributed by atoms with Crippen molar-refractivity contribution in [1.29, 1.82) is 0 Å². The second kappa shape index (κ2) is 5.81. The Morgan fingerprint density at radius 3 is 2.45 bits per heavy atom. The molecular weight excluding hydrogens is 258 g/mol. The molecule has 108 valence electrons. The van der Waals surface area contributed by atoms with Crippen LogP contribution in [0.4, 0.5) is 10.5 Å². The van der Waals surface area contributed by atoms with Crippen LogP contribution in [-0.2, 0) is 10.3 Å². The van der Waals surface area contributed by atoms with Crippen LogP contribution in [0, 0.1) is 0 Å². The third-order valence-electron chi connectivity index (χ3n) is 3.42. The van der Waals surface area contributed by atoms with Crippen molar-refractivity contribution in [2.75, 3.05) is 12.3 Å². The smallest absolute Gasteiger partial charge is 0.315 e. The molecule has 6 nitrogen and oxygen atoms in total. The van der Waals surface area contributed by atoms with Crippen LogP contribution in [0.15, 0.2) is 24.3 Å². The lowest BCUT2D eigenvalue weighted by Gasteiger charge is -2.18. The van der Waals surface area contributed by atoms with Gasteiger partial charge in [-0.05, 0) is 37.0 Å². The zero-order valence-electron chi connectivity index (χ0n) is 11.2. The lowest BCUT2D eigenvalue weighted by atomic mass is 10.0. The summed E-state index contributed by atoms with van der Waals surface area (Å²) < 4.78 is 0. The van der Waals surface area contributed by atoms with Crippen LogP contribution in [0.5, 0.6) is 0 Å². The maximum absolute atomic E-state index is 11.8. The van der Waals surface area contributed by atoms with Gasteiger partial charge in [-0.3, -0.25) is 4.79 Å². The van der Waals surface area contributed by atoms with Gasteiger partial charge in [0, 0.05) is 18.7 Å². The highest BCUT2D eigenvalue weighted by Gasteiger charge is 2.45. The number of hydrogen-bond acceptors (Lipinski definition) is 3. The van der Waals surface area contributed by atoms with Crippen molar-refractivity contribution in [3.63, 3.8) is 0 Å². The minimum absolute atomic E-state index is 0.0589. The summed E-state index contributed by atoms with van der Waals surface area (Å²) in [5, 5.41) is 14.1. The summed E-state index contributed by atoms with van der Waals surface area (Å²) in [7, 11) is 0. The Bertz CT molecular complexity index is 495. The number of carboxylic acid groups (broad SMARTS) is 1. The molecule has 2 rings (SSSR count). The molecule has 0 heterocycles. The summed E-state index contributed by atoms with van der Waals surface area (Å²) in [5.74, 6) is -0.854. The van der Waals surface area contributed by atoms with Crippen molar-refractivity contribution in [2.24, 2.45) is 0 Å². The summed E-state index contributed by atoms with van der Waals surface area (Å²) in [4.78, 5) is 22.1. The highest BCUT2D eigenvalue weighted by molar-refractivity contribution is 5.75. The highest BCUT2D eigenvalue weighted by Crippen LogP contribution is 2.45. The molecule has 1 aromatic carbocycles. The number of carbonyl (C=O) groups excluding carboxylic acids is 1. The second-order valence-corrected chi connectivity index (χ2v) is 5.08. The molecule has 2 amide bonds. The van der Waals surface area contributed by atoms with Gasteiger partial charge >= 0.3 is 12.0 Å². The predicted molar refractivity (Wildman–Crippen MR) is 75.2 cm³/mol. The highest BCUT2D eigenvalue weighted by atomic mass is 16.4. The van der Waals surface area contributed by atoms with E-state index in [9.17, 15) is 9.59 Å². The standard InChI is InChI=1S/C14H19N3O3/c15-11-5-3-10(4-6-11)14(7-8-14)17-13(20)16-9-1-2-12(18)19/h3-6H,1-2,7-9,15H2,(H,18,19)(H2,16,17,20). The maximum Gasteiger partial charge on any atom is 0.315 e. The fraction of sp³-hybridized carbons (Fsp3) is 0.429. The molecule has 0 aromatic heterocycles. The van der Waals surface area contributed by atoms with E-state index in [1.165, 1.54) is 0 Å². The Kier molecular flexibility index (Phi) is 4.12. The molecule has 0 bridgehead atoms. The van der Waals surface area contributed by atoms with E-state index < -0.39 is 5.97 Å². The molecule has 0 radical (unpaired) electrons. The van der Waals surface area contributed by atoms with Gasteiger partial charge in [0.05, 0.1) is 5.54 Å². The first-order chi connectivity index (χ1) is 9.52. The van der Waals surface area contributed by atoms with Crippen LogP contribution in [0.3, 0.4) is 0 Å². The minimum atomic E-state index is -0.854. The Morgan fingerprint density at radius 1 is 1.25 bits per heavy atom. The van der Waals surface area contributed by atoms with Crippen molar-refractivity contribution >= 4 is 17.7 Å². The Morgan fingerprint density at radius 2 is 1.90 bits per heavy atom. The average molecular weight is 277 g/mol. The summed E-state index contributed by atoms with van der Waals surface area (Å²) >= 11 is 0. The lowest BCUT2D eigenvalue weighted by molar-refractivity contribution is -0.137. The fourth-order valence-corrected chi connectivity index (χ4v) is 2.12. The van der Waals surface area contributed by atoms with E-state index in [0.29, 0.717) is 18.7 Å². The molecule has 1 saturated carbocycles. The third-order valence-corrected chi connectivity index (χ3v) is 3.42. The molecule has 0 saturated heterocycles. The number of amides is 2. The minimum Gasteiger partial charge on any atom is -0.481 e. The van der Waals surface area contributed by atoms with Gasteiger partial charge in [0.25, 0.3) is 0 Å². The fourth-order valence-electron chi connectivity index (χ4n) is 2.12. The molecule has 0 aliphatic heterocycles. The van der Waals surface area contributed by atoms with E-state index in [-0.39, 0.29) is 18.0 Å². The number of carboxylic acids is 1. The number of rotatable bonds is 6. The first-order valence-corrected chi connectivity index (χ1v) is 6.66. The van der Waals surface area contributed by atoms with Gasteiger partial charge in [-0.1, -0.05) is 12.1 Å². The molecule has 1 aliphatic rings. The summed E-state index contributed by atoms with van der Waals surface area (Å²) in [6, 6.07) is 7.23. The van der Waals surface area contributed by atoms with Crippen LogP contribution in [0.25, 0.3) is 0 Å². The molecule has 0 unspecified atom stereocenters. The summed E-state index contributed by atoms with van der Waals surface area (Å²) in [6.07, 6.45) is 2.29. The van der Waals surface area contributed by atoms with Gasteiger partial charge < -0.3 is 21.5 Å². The number of nitrogen functional groups attached to an aromatic ring is 1. The van der Waals surface area contributed by atoms with Crippen molar-refractivity contribution in [1.82, 2.24) is 10.6 Å². The van der Waals surface area contributed by atoms with E-state index in [1.807, 2.05) is 24.3 Å². The molecule has 5 N–H and O–H groups in total. The quantitative estimate of drug-likeness (QED) is 0.466. The second-order valence-electron chi connectivity index (χ2n) is 5.08. The first kappa shape index (κ1) is 14.2. The number of aliphatic carboxylic acids is 1. The lowest BCUT2D eigenvalue weighted by Crippen LogP contribution is -2.42. The number of hydrogen-bond donors (Lipinski definition) is 4. The van der Waals surface area contributed by atoms with E-state index in [4.69, 9.17) is 10.8 Å². The van der Waals surface area contributed by atoms with Crippen molar-refractivity contribution in [2.45, 2.75) is 31.2 Å². The predicted octanol–water partition coefficient (Wildman–Crippen LogP) is 1.42. The van der Waals surface area contributed by atoms with E-state index in [2.05, 4.69) is 10.6 Å². The molecule has 1 aromatic rings. The molecule has 20 heavy (non-hydrogen) atoms. The Labute approximate surface area is 117 Å². The van der Waals surface area contributed by atoms with Crippen LogP contribution in [0.1, 0.15) is 31.2 Å². The van der Waals surface area contributed by atoms with Crippen molar-refractivity contribution in [3.8, 4) is 0 Å². The Hall–Kier alpha value is -2.24. The third kappa shape index (κ3) is 3.63. The molecule has 1 fully saturated rings. The number of benzene rings is 1. The number of anilines is 1. The topological polar surface area (TPSA) is 104 Å². The van der Waals surface area contributed by atoms with Gasteiger partial charge in [0.2, 0.25) is 0 Å². The molecule has 6 heteroatoms. The van der Waals surface area contributed by atoms with Gasteiger partial charge in [0.1, 0.15) is 0 Å². The van der Waals surface area contributed by atoms with E-state index in [0.717, 1.165) is 18.4 Å². The van der Waals surface area contributed by atoms with E-state index in [1.54, 1.807) is 0 Å². The largest absolute Gasteiger partial charge is 0.481 e. The van der Waals surface area contributed by atoms with Crippen LogP contribution >= 0.6 is 0 Å². The van der Waals surface area contributed by atoms with E-state index >= 15 is 0 Å². The normalized spacial score (nSPS) is 15.4. The zero-order valence-corrected chi connectivity index (χ0v) is 11.2. The maximum atomic E-state index is 11.8. The van der Waals surface area contributed by atoms with Gasteiger partial charge in [-0.2, -0.15) is 0 Å². The zero-order chi connectivity index (χ0) is 14.6. The van der Waals surface area contributed by atoms with Crippen molar-refractivity contribution in [3.05, 3.63) is 29.8 Å². The van der Waals surface area contributed by atoms with Crippen LogP contribution in [0.2, 0.25) is 0 Å². The molecular formula is C14H19N3O3. The van der Waals surface area contributed by atoms with Crippen LogP contribution < -0.4 is 16.4 Å². The summed E-state index contributed by atoms with van der Waals surface area (Å²) in [6.45, 7) is 0.357. The van der Waals surface area contributed by atoms with Crippen LogP contribution in [-0.4, -0.2) is 23.7 Å². The average Bonchev–Trinajstić information content (AvgIpc) is 3.16. The Balaban J connectivity index is 1.81. The molecule has 0 atom stereocenters. The molecule has 1 aliphatic carbocycles. The SMILES string of the molecule is Nc1ccc(C2(NC(=O)NCCCC(=O)O)CC2)cc1. The van der Waals surface area contributed by atoms with Gasteiger partial charge in [-0.15, -0.1) is 0 Å². The number of nitrogens with two attached hydrogens (primary N) is 1. The van der Waals surface area contributed by atoms with Gasteiger partial charge in [-0.25, -0.2) is 4.79 Å². The molecule has 0 spiro atoms. The van der Waals surface area contributed by atoms with Crippen molar-refractivity contribution < 1.29 is 14.7 Å². The number of nitrogens with one attached hydrogen (secondary N) is 2. The number of urea groups is 1. The number of carbonyl (C=O) groups is 2. The van der Waals surface area contributed by atoms with Gasteiger partial charge in [0.15, 0.2) is 0 Å². The monoisotopic (exact) mass is 277 g/mol. The first-order valence-electron chi connectivity index (χ1n) is 6.66. The summed E-state index contributed by atoms with van der Waals surface area (Å²) in [5.41, 5.74) is 7.11.